The van der Waals surface area contributed by atoms with Crippen LogP contribution in [0.25, 0.3) is 0 Å². The van der Waals surface area contributed by atoms with E-state index in [1.807, 2.05) is 0 Å². The van der Waals surface area contributed by atoms with Crippen LogP contribution in [0.1, 0.15) is 11.6 Å². The van der Waals surface area contributed by atoms with Crippen LogP contribution in [0.2, 0.25) is 10.0 Å². The van der Waals surface area contributed by atoms with Gasteiger partial charge in [0.1, 0.15) is 11.8 Å². The van der Waals surface area contributed by atoms with Crippen molar-refractivity contribution in [2.24, 2.45) is 0 Å². The maximum atomic E-state index is 11.2. The van der Waals surface area contributed by atoms with E-state index < -0.39 is 12.0 Å². The molecule has 0 fully saturated rings. The number of ether oxygens (including phenoxy) is 1. The summed E-state index contributed by atoms with van der Waals surface area (Å²) < 4.78 is 5.00. The van der Waals surface area contributed by atoms with Crippen LogP contribution in [0, 0.1) is 0 Å². The smallest absolute Gasteiger partial charge is 0.325 e. The van der Waals surface area contributed by atoms with Gasteiger partial charge in [0, 0.05) is 16.7 Å². The minimum absolute atomic E-state index is 0.312. The lowest BCUT2D eigenvalue weighted by Gasteiger charge is -2.22. The number of likely N-dealkylation sites (N-methyl/N-ethyl adjacent to an activating group) is 1. The van der Waals surface area contributed by atoms with E-state index in [2.05, 4.69) is 0 Å². The molecule has 0 aliphatic rings. The highest BCUT2D eigenvalue weighted by atomic mass is 35.5. The SMILES string of the molecule is COc1cc(Cl)c(C(C(=O)O)N(C)C)cc1Cl. The highest BCUT2D eigenvalue weighted by Crippen LogP contribution is 2.35. The Morgan fingerprint density at radius 3 is 2.35 bits per heavy atom. The molecule has 0 aromatic heterocycles. The fraction of sp³-hybridized carbons (Fsp3) is 0.364. The minimum atomic E-state index is -0.988. The molecule has 1 aromatic carbocycles. The molecule has 0 radical (unpaired) electrons. The first-order valence-corrected chi connectivity index (χ1v) is 5.56. The summed E-state index contributed by atoms with van der Waals surface area (Å²) in [5.74, 6) is -0.568. The Morgan fingerprint density at radius 2 is 1.94 bits per heavy atom. The molecule has 0 amide bonds. The van der Waals surface area contributed by atoms with Crippen molar-refractivity contribution < 1.29 is 14.6 Å². The summed E-state index contributed by atoms with van der Waals surface area (Å²) in [7, 11) is 4.79. The van der Waals surface area contributed by atoms with Crippen LogP contribution < -0.4 is 4.74 Å². The lowest BCUT2D eigenvalue weighted by atomic mass is 10.1. The van der Waals surface area contributed by atoms with Crippen molar-refractivity contribution in [3.8, 4) is 5.75 Å². The van der Waals surface area contributed by atoms with Crippen LogP contribution in [-0.2, 0) is 4.79 Å². The van der Waals surface area contributed by atoms with Gasteiger partial charge in [-0.1, -0.05) is 23.2 Å². The van der Waals surface area contributed by atoms with Gasteiger partial charge in [-0.25, -0.2) is 0 Å². The molecule has 0 saturated heterocycles. The fourth-order valence-corrected chi connectivity index (χ4v) is 2.05. The largest absolute Gasteiger partial charge is 0.495 e. The zero-order valence-electron chi connectivity index (χ0n) is 9.70. The molecule has 0 saturated carbocycles. The molecular formula is C11H13Cl2NO3. The van der Waals surface area contributed by atoms with Crippen LogP contribution in [0.4, 0.5) is 0 Å². The normalized spacial score (nSPS) is 12.6. The Bertz CT molecular complexity index is 435. The van der Waals surface area contributed by atoms with Crippen molar-refractivity contribution >= 4 is 29.2 Å². The van der Waals surface area contributed by atoms with E-state index in [-0.39, 0.29) is 0 Å². The predicted octanol–water partition coefficient (Wildman–Crippen LogP) is 2.69. The molecule has 1 rings (SSSR count). The first-order valence-electron chi connectivity index (χ1n) is 4.80. The van der Waals surface area contributed by atoms with Gasteiger partial charge in [-0.05, 0) is 20.2 Å². The molecule has 0 aliphatic heterocycles. The molecule has 17 heavy (non-hydrogen) atoms. The number of hydrogen-bond acceptors (Lipinski definition) is 3. The monoisotopic (exact) mass is 277 g/mol. The molecule has 1 N–H and O–H groups in total. The highest BCUT2D eigenvalue weighted by Gasteiger charge is 2.25. The maximum absolute atomic E-state index is 11.2. The van der Waals surface area contributed by atoms with Gasteiger partial charge in [0.25, 0.3) is 0 Å². The Balaban J connectivity index is 3.30. The van der Waals surface area contributed by atoms with Gasteiger partial charge in [-0.3, -0.25) is 9.69 Å². The van der Waals surface area contributed by atoms with Gasteiger partial charge >= 0.3 is 5.97 Å². The zero-order valence-corrected chi connectivity index (χ0v) is 11.2. The number of halogens is 2. The second-order valence-corrected chi connectivity index (χ2v) is 4.53. The summed E-state index contributed by atoms with van der Waals surface area (Å²) in [6.07, 6.45) is 0. The van der Waals surface area contributed by atoms with Crippen molar-refractivity contribution in [3.63, 3.8) is 0 Å². The molecule has 4 nitrogen and oxygen atoms in total. The van der Waals surface area contributed by atoms with Crippen LogP contribution in [0.5, 0.6) is 5.75 Å². The quantitative estimate of drug-likeness (QED) is 0.920. The summed E-state index contributed by atoms with van der Waals surface area (Å²) in [5, 5.41) is 9.81. The van der Waals surface area contributed by atoms with Crippen LogP contribution in [0.3, 0.4) is 0 Å². The molecule has 1 aromatic rings. The fourth-order valence-electron chi connectivity index (χ4n) is 1.54. The molecule has 6 heteroatoms. The zero-order chi connectivity index (χ0) is 13.2. The molecule has 1 unspecified atom stereocenters. The first-order chi connectivity index (χ1) is 7.88. The summed E-state index contributed by atoms with van der Waals surface area (Å²) >= 11 is 12.0. The number of aliphatic carboxylic acids is 1. The van der Waals surface area contributed by atoms with Gasteiger partial charge in [-0.15, -0.1) is 0 Å². The number of carbonyl (C=O) groups is 1. The third-order valence-corrected chi connectivity index (χ3v) is 2.94. The average Bonchev–Trinajstić information content (AvgIpc) is 2.21. The number of carboxylic acid groups (broad SMARTS) is 1. The van der Waals surface area contributed by atoms with Crippen molar-refractivity contribution in [2.45, 2.75) is 6.04 Å². The Labute approximate surface area is 110 Å². The number of benzene rings is 1. The minimum Gasteiger partial charge on any atom is -0.495 e. The molecule has 0 aliphatic carbocycles. The number of rotatable bonds is 4. The van der Waals surface area contributed by atoms with Crippen molar-refractivity contribution in [1.82, 2.24) is 4.90 Å². The molecular weight excluding hydrogens is 265 g/mol. The third-order valence-electron chi connectivity index (χ3n) is 2.32. The molecule has 0 bridgehead atoms. The van der Waals surface area contributed by atoms with Crippen molar-refractivity contribution in [2.75, 3.05) is 21.2 Å². The Hall–Kier alpha value is -0.970. The Morgan fingerprint density at radius 1 is 1.35 bits per heavy atom. The molecule has 0 spiro atoms. The number of carboxylic acids is 1. The topological polar surface area (TPSA) is 49.8 Å². The highest BCUT2D eigenvalue weighted by molar-refractivity contribution is 6.35. The summed E-state index contributed by atoms with van der Waals surface area (Å²) in [5.41, 5.74) is 0.440. The second kappa shape index (κ2) is 5.58. The first kappa shape index (κ1) is 14.1. The second-order valence-electron chi connectivity index (χ2n) is 3.71. The molecule has 1 atom stereocenters. The van der Waals surface area contributed by atoms with Crippen molar-refractivity contribution in [3.05, 3.63) is 27.7 Å². The maximum Gasteiger partial charge on any atom is 0.325 e. The number of nitrogens with zero attached hydrogens (tertiary/aromatic N) is 1. The summed E-state index contributed by atoms with van der Waals surface area (Å²) in [6.45, 7) is 0. The standard InChI is InChI=1S/C11H13Cl2NO3/c1-14(2)10(11(15)16)6-4-8(13)9(17-3)5-7(6)12/h4-5,10H,1-3H3,(H,15,16). The van der Waals surface area contributed by atoms with Gasteiger partial charge in [0.2, 0.25) is 0 Å². The van der Waals surface area contributed by atoms with Gasteiger partial charge in [-0.2, -0.15) is 0 Å². The van der Waals surface area contributed by atoms with E-state index in [1.54, 1.807) is 19.0 Å². The lowest BCUT2D eigenvalue weighted by molar-refractivity contribution is -0.142. The molecule has 94 valence electrons. The van der Waals surface area contributed by atoms with E-state index >= 15 is 0 Å². The van der Waals surface area contributed by atoms with E-state index in [9.17, 15) is 4.79 Å². The molecule has 0 heterocycles. The van der Waals surface area contributed by atoms with Crippen LogP contribution in [-0.4, -0.2) is 37.2 Å². The number of methoxy groups -OCH3 is 1. The van der Waals surface area contributed by atoms with Crippen molar-refractivity contribution in [1.29, 1.82) is 0 Å². The van der Waals surface area contributed by atoms with E-state index in [0.29, 0.717) is 21.4 Å². The predicted molar refractivity (Wildman–Crippen MR) is 67.1 cm³/mol. The van der Waals surface area contributed by atoms with E-state index in [1.165, 1.54) is 19.2 Å². The Kier molecular flexibility index (Phi) is 4.62. The summed E-state index contributed by atoms with van der Waals surface area (Å²) in [4.78, 5) is 12.7. The van der Waals surface area contributed by atoms with Gasteiger partial charge in [0.15, 0.2) is 0 Å². The van der Waals surface area contributed by atoms with Gasteiger partial charge < -0.3 is 9.84 Å². The van der Waals surface area contributed by atoms with Gasteiger partial charge in [0.05, 0.1) is 12.1 Å². The average molecular weight is 278 g/mol. The lowest BCUT2D eigenvalue weighted by Crippen LogP contribution is -2.27. The summed E-state index contributed by atoms with van der Waals surface area (Å²) in [6, 6.07) is 2.19. The number of hydrogen-bond donors (Lipinski definition) is 1. The van der Waals surface area contributed by atoms with E-state index in [0.717, 1.165) is 0 Å². The van der Waals surface area contributed by atoms with Crippen LogP contribution >= 0.6 is 23.2 Å². The third kappa shape index (κ3) is 3.03. The van der Waals surface area contributed by atoms with Crippen LogP contribution in [0.15, 0.2) is 12.1 Å². The van der Waals surface area contributed by atoms with E-state index in [4.69, 9.17) is 33.0 Å².